The van der Waals surface area contributed by atoms with Crippen LogP contribution in [0.3, 0.4) is 0 Å². The number of ether oxygens (including phenoxy) is 1. The van der Waals surface area contributed by atoms with Crippen LogP contribution in [0.25, 0.3) is 0 Å². The molecular weight excluding hydrogens is 362 g/mol. The predicted molar refractivity (Wildman–Crippen MR) is 93.7 cm³/mol. The average Bonchev–Trinajstić information content (AvgIpc) is 2.99. The number of alkyl carbamates (subject to hydrolysis) is 1. The van der Waals surface area contributed by atoms with E-state index < -0.39 is 21.8 Å². The van der Waals surface area contributed by atoms with E-state index in [0.717, 1.165) is 12.8 Å². The van der Waals surface area contributed by atoms with Crippen molar-refractivity contribution in [2.75, 3.05) is 45.9 Å². The van der Waals surface area contributed by atoms with Crippen molar-refractivity contribution in [3.05, 3.63) is 0 Å². The second-order valence-corrected chi connectivity index (χ2v) is 10.6. The molecule has 148 valence electrons. The lowest BCUT2D eigenvalue weighted by Gasteiger charge is -2.60. The van der Waals surface area contributed by atoms with Gasteiger partial charge in [-0.25, -0.2) is 9.59 Å². The van der Waals surface area contributed by atoms with Gasteiger partial charge in [0.2, 0.25) is 0 Å². The number of nitrogens with zero attached hydrogens (tertiary/aromatic N) is 3. The lowest BCUT2D eigenvalue weighted by molar-refractivity contribution is -0.0711. The summed E-state index contributed by atoms with van der Waals surface area (Å²) in [5, 5.41) is 2.76. The van der Waals surface area contributed by atoms with E-state index >= 15 is 0 Å². The van der Waals surface area contributed by atoms with Crippen LogP contribution in [0.5, 0.6) is 0 Å². The molecule has 4 heterocycles. The number of carbonyl (C=O) groups excluding carboxylic acids is 2. The van der Waals surface area contributed by atoms with Crippen LogP contribution in [-0.4, -0.2) is 91.6 Å². The Morgan fingerprint density at radius 3 is 2.31 bits per heavy atom. The first-order chi connectivity index (χ1) is 12.1. The fraction of sp³-hybridized carbons (Fsp3) is 0.867. The number of hydrogen-bond donors (Lipinski definition) is 2. The van der Waals surface area contributed by atoms with E-state index in [4.69, 9.17) is 4.74 Å². The van der Waals surface area contributed by atoms with Gasteiger partial charge in [-0.2, -0.15) is 17.4 Å². The monoisotopic (exact) mass is 389 g/mol. The fourth-order valence-corrected chi connectivity index (χ4v) is 6.16. The van der Waals surface area contributed by atoms with Crippen molar-refractivity contribution in [1.82, 2.24) is 24.1 Å². The van der Waals surface area contributed by atoms with E-state index in [1.54, 1.807) is 9.80 Å². The summed E-state index contributed by atoms with van der Waals surface area (Å²) in [7, 11) is -3.42. The SMILES string of the molecule is CC1(NS(=O)(=O)N2CC3(CN(C(=O)N4CC5(COC(=O)N5)C4)C3)C2)CC1.[HH].[HH]. The average molecular weight is 389 g/mol. The maximum Gasteiger partial charge on any atom is 0.407 e. The molecule has 1 aliphatic carbocycles. The summed E-state index contributed by atoms with van der Waals surface area (Å²) in [6.45, 7) is 5.25. The van der Waals surface area contributed by atoms with Gasteiger partial charge in [0.1, 0.15) is 12.1 Å². The predicted octanol–water partition coefficient (Wildman–Crippen LogP) is -0.603. The fourth-order valence-electron chi connectivity index (χ4n) is 4.32. The number of urea groups is 1. The molecule has 0 aromatic rings. The first kappa shape index (κ1) is 16.6. The van der Waals surface area contributed by atoms with Crippen molar-refractivity contribution >= 4 is 22.3 Å². The third kappa shape index (κ3) is 2.48. The molecule has 11 heteroatoms. The molecule has 26 heavy (non-hydrogen) atoms. The highest BCUT2D eigenvalue weighted by molar-refractivity contribution is 7.87. The summed E-state index contributed by atoms with van der Waals surface area (Å²) in [4.78, 5) is 27.1. The molecule has 4 aliphatic heterocycles. The van der Waals surface area contributed by atoms with Crippen molar-refractivity contribution in [2.24, 2.45) is 5.41 Å². The molecule has 0 atom stereocenters. The van der Waals surface area contributed by atoms with Crippen LogP contribution in [-0.2, 0) is 14.9 Å². The molecule has 4 saturated heterocycles. The van der Waals surface area contributed by atoms with Crippen molar-refractivity contribution in [1.29, 1.82) is 0 Å². The van der Waals surface area contributed by atoms with Gasteiger partial charge in [-0.1, -0.05) is 0 Å². The largest absolute Gasteiger partial charge is 0.447 e. The molecule has 0 bridgehead atoms. The Morgan fingerprint density at radius 1 is 1.15 bits per heavy atom. The van der Waals surface area contributed by atoms with Crippen molar-refractivity contribution in [2.45, 2.75) is 30.8 Å². The van der Waals surface area contributed by atoms with E-state index in [1.807, 2.05) is 6.92 Å². The zero-order chi connectivity index (χ0) is 18.4. The van der Waals surface area contributed by atoms with E-state index in [-0.39, 0.29) is 19.8 Å². The van der Waals surface area contributed by atoms with Crippen molar-refractivity contribution in [3.63, 3.8) is 0 Å². The molecule has 0 radical (unpaired) electrons. The zero-order valence-corrected chi connectivity index (χ0v) is 15.5. The summed E-state index contributed by atoms with van der Waals surface area (Å²) in [5.41, 5.74) is -0.778. The molecule has 5 fully saturated rings. The molecule has 0 unspecified atom stereocenters. The third-order valence-electron chi connectivity index (χ3n) is 6.17. The van der Waals surface area contributed by atoms with Crippen LogP contribution >= 0.6 is 0 Å². The minimum Gasteiger partial charge on any atom is -0.447 e. The Labute approximate surface area is 155 Å². The smallest absolute Gasteiger partial charge is 0.407 e. The van der Waals surface area contributed by atoms with Crippen LogP contribution in [0.2, 0.25) is 0 Å². The number of carbonyl (C=O) groups is 2. The molecular formula is C15H27N5O5S. The van der Waals surface area contributed by atoms with Gasteiger partial charge in [-0.3, -0.25) is 0 Å². The first-order valence-electron chi connectivity index (χ1n) is 8.90. The van der Waals surface area contributed by atoms with Gasteiger partial charge in [0, 0.05) is 40.0 Å². The van der Waals surface area contributed by atoms with Crippen LogP contribution in [0.1, 0.15) is 22.6 Å². The first-order valence-corrected chi connectivity index (χ1v) is 10.3. The summed E-state index contributed by atoms with van der Waals surface area (Å²) in [5.74, 6) is 0. The number of likely N-dealkylation sites (tertiary alicyclic amines) is 2. The Kier molecular flexibility index (Phi) is 3.07. The molecule has 2 N–H and O–H groups in total. The van der Waals surface area contributed by atoms with Crippen molar-refractivity contribution in [3.8, 4) is 0 Å². The van der Waals surface area contributed by atoms with E-state index in [0.29, 0.717) is 45.9 Å². The van der Waals surface area contributed by atoms with Gasteiger partial charge in [0.25, 0.3) is 10.2 Å². The number of nitrogens with one attached hydrogen (secondary N) is 2. The van der Waals surface area contributed by atoms with Crippen LogP contribution < -0.4 is 10.0 Å². The number of amides is 3. The second-order valence-electron chi connectivity index (χ2n) is 8.91. The molecule has 5 rings (SSSR count). The molecule has 10 nitrogen and oxygen atoms in total. The van der Waals surface area contributed by atoms with E-state index in [9.17, 15) is 18.0 Å². The lowest BCUT2D eigenvalue weighted by atomic mass is 9.74. The molecule has 5 aliphatic rings. The molecule has 3 amide bonds. The quantitative estimate of drug-likeness (QED) is 0.669. The minimum absolute atomic E-state index is 0. The van der Waals surface area contributed by atoms with Gasteiger partial charge in [-0.05, 0) is 19.8 Å². The van der Waals surface area contributed by atoms with E-state index in [1.165, 1.54) is 4.31 Å². The Bertz CT molecular complexity index is 785. The van der Waals surface area contributed by atoms with E-state index in [2.05, 4.69) is 10.0 Å². The topological polar surface area (TPSA) is 111 Å². The summed E-state index contributed by atoms with van der Waals surface area (Å²) in [6, 6.07) is -0.0488. The summed E-state index contributed by atoms with van der Waals surface area (Å²) >= 11 is 0. The molecule has 0 aromatic carbocycles. The standard InChI is InChI=1S/C15H23N5O5S.2H2/c1-13(2-3-13)17-26(23,24)20-6-14(7-20)4-18(5-14)12(22)19-8-15(9-19)10-25-11(21)16-15;;/h17H,2-10H2,1H3,(H,16,21);2*1H. The van der Waals surface area contributed by atoms with Crippen LogP contribution in [0.15, 0.2) is 0 Å². The number of cyclic esters (lactones) is 1. The van der Waals surface area contributed by atoms with Crippen LogP contribution in [0, 0.1) is 5.41 Å². The molecule has 0 aromatic heterocycles. The highest BCUT2D eigenvalue weighted by Crippen LogP contribution is 2.43. The number of rotatable bonds is 3. The second kappa shape index (κ2) is 4.82. The molecule has 2 spiro atoms. The van der Waals surface area contributed by atoms with Crippen LogP contribution in [0.4, 0.5) is 9.59 Å². The number of hydrogen-bond acceptors (Lipinski definition) is 5. The van der Waals surface area contributed by atoms with Crippen molar-refractivity contribution < 1.29 is 25.6 Å². The Balaban J connectivity index is 0.00000112. The summed E-state index contributed by atoms with van der Waals surface area (Å²) < 4.78 is 33.8. The Hall–Kier alpha value is -1.59. The Morgan fingerprint density at radius 2 is 1.77 bits per heavy atom. The van der Waals surface area contributed by atoms with Gasteiger partial charge < -0.3 is 19.9 Å². The zero-order valence-electron chi connectivity index (χ0n) is 14.7. The highest BCUT2D eigenvalue weighted by Gasteiger charge is 2.59. The third-order valence-corrected chi connectivity index (χ3v) is 7.86. The van der Waals surface area contributed by atoms with Gasteiger partial charge in [0.15, 0.2) is 0 Å². The minimum atomic E-state index is -3.42. The summed E-state index contributed by atoms with van der Waals surface area (Å²) in [6.07, 6.45) is 1.34. The maximum absolute atomic E-state index is 12.5. The maximum atomic E-state index is 12.5. The van der Waals surface area contributed by atoms with Gasteiger partial charge >= 0.3 is 12.1 Å². The molecule has 1 saturated carbocycles. The van der Waals surface area contributed by atoms with Gasteiger partial charge in [0.05, 0.1) is 13.1 Å². The normalized spacial score (nSPS) is 30.3. The van der Waals surface area contributed by atoms with Gasteiger partial charge in [-0.15, -0.1) is 0 Å². The lowest BCUT2D eigenvalue weighted by Crippen LogP contribution is -2.78. The highest BCUT2D eigenvalue weighted by atomic mass is 32.2.